The van der Waals surface area contributed by atoms with Crippen LogP contribution in [0.1, 0.15) is 52.8 Å². The number of esters is 1. The van der Waals surface area contributed by atoms with Crippen LogP contribution in [0.5, 0.6) is 0 Å². The van der Waals surface area contributed by atoms with Crippen molar-refractivity contribution in [3.8, 4) is 11.4 Å². The third-order valence-electron chi connectivity index (χ3n) is 4.91. The van der Waals surface area contributed by atoms with E-state index in [0.29, 0.717) is 24.0 Å². The predicted octanol–water partition coefficient (Wildman–Crippen LogP) is 4.48. The summed E-state index contributed by atoms with van der Waals surface area (Å²) in [5, 5.41) is 5.91. The van der Waals surface area contributed by atoms with Crippen LogP contribution in [-0.2, 0) is 27.4 Å². The maximum Gasteiger partial charge on any atom is 0.407 e. The number of nitrogens with zero attached hydrogens (tertiary/aromatic N) is 5. The lowest BCUT2D eigenvalue weighted by molar-refractivity contribution is -0.155. The van der Waals surface area contributed by atoms with E-state index < -0.39 is 17.3 Å². The Morgan fingerprint density at radius 1 is 0.949 bits per heavy atom. The Balaban J connectivity index is 1.63. The van der Waals surface area contributed by atoms with E-state index in [0.717, 1.165) is 16.8 Å². The van der Waals surface area contributed by atoms with Crippen LogP contribution in [0.15, 0.2) is 48.9 Å². The third-order valence-corrected chi connectivity index (χ3v) is 4.91. The quantitative estimate of drug-likeness (QED) is 0.378. The SMILES string of the molecule is CN(CC(=O)OC(C)(C)C)Cc1cccc(Nc2ncnc(-c3ccnc(CNC(=O)OC(C)(C)C)c3)n2)c1. The van der Waals surface area contributed by atoms with E-state index in [1.54, 1.807) is 39.1 Å². The monoisotopic (exact) mass is 535 g/mol. The van der Waals surface area contributed by atoms with Gasteiger partial charge in [0, 0.05) is 24.0 Å². The maximum atomic E-state index is 12.1. The van der Waals surface area contributed by atoms with Gasteiger partial charge in [0.1, 0.15) is 17.5 Å². The van der Waals surface area contributed by atoms with Gasteiger partial charge in [0.25, 0.3) is 0 Å². The lowest BCUT2D eigenvalue weighted by atomic mass is 10.2. The molecule has 0 fully saturated rings. The van der Waals surface area contributed by atoms with Crippen LogP contribution in [0.3, 0.4) is 0 Å². The Kier molecular flexibility index (Phi) is 9.52. The van der Waals surface area contributed by atoms with Gasteiger partial charge < -0.3 is 20.1 Å². The number of aromatic nitrogens is 4. The molecule has 1 amide bonds. The molecule has 1 aromatic carbocycles. The number of hydrogen-bond donors (Lipinski definition) is 2. The van der Waals surface area contributed by atoms with E-state index in [1.165, 1.54) is 6.33 Å². The fraction of sp³-hybridized carbons (Fsp3) is 0.429. The minimum Gasteiger partial charge on any atom is -0.459 e. The molecule has 3 rings (SSSR count). The van der Waals surface area contributed by atoms with Gasteiger partial charge in [0.2, 0.25) is 5.95 Å². The second kappa shape index (κ2) is 12.6. The second-order valence-electron chi connectivity index (χ2n) is 11.1. The number of alkyl carbamates (subject to hydrolysis) is 1. The molecule has 11 heteroatoms. The molecule has 0 saturated heterocycles. The molecule has 0 aliphatic rings. The number of nitrogens with one attached hydrogen (secondary N) is 2. The van der Waals surface area contributed by atoms with Gasteiger partial charge in [0.05, 0.1) is 18.8 Å². The molecule has 2 heterocycles. The highest BCUT2D eigenvalue weighted by Crippen LogP contribution is 2.19. The molecule has 0 unspecified atom stereocenters. The summed E-state index contributed by atoms with van der Waals surface area (Å²) in [5.74, 6) is 0.572. The Labute approximate surface area is 229 Å². The summed E-state index contributed by atoms with van der Waals surface area (Å²) < 4.78 is 10.7. The Hall–Kier alpha value is -4.12. The summed E-state index contributed by atoms with van der Waals surface area (Å²) in [4.78, 5) is 43.4. The van der Waals surface area contributed by atoms with Crippen LogP contribution in [0, 0.1) is 0 Å². The number of ether oxygens (including phenoxy) is 2. The van der Waals surface area contributed by atoms with E-state index in [9.17, 15) is 9.59 Å². The lowest BCUT2D eigenvalue weighted by Gasteiger charge is -2.22. The fourth-order valence-electron chi connectivity index (χ4n) is 3.52. The number of amides is 1. The van der Waals surface area contributed by atoms with Crippen molar-refractivity contribution in [2.75, 3.05) is 18.9 Å². The molecule has 2 aromatic heterocycles. The topological polar surface area (TPSA) is 131 Å². The average molecular weight is 536 g/mol. The number of carbonyl (C=O) groups is 2. The molecule has 0 aliphatic carbocycles. The Bertz CT molecular complexity index is 1290. The van der Waals surface area contributed by atoms with Gasteiger partial charge in [-0.2, -0.15) is 4.98 Å². The normalized spacial score (nSPS) is 11.7. The van der Waals surface area contributed by atoms with Crippen LogP contribution < -0.4 is 10.6 Å². The molecule has 0 aliphatic heterocycles. The van der Waals surface area contributed by atoms with E-state index in [2.05, 4.69) is 30.6 Å². The van der Waals surface area contributed by atoms with Gasteiger partial charge in [-0.1, -0.05) is 12.1 Å². The summed E-state index contributed by atoms with van der Waals surface area (Å²) in [6.45, 7) is 11.9. The van der Waals surface area contributed by atoms with Crippen molar-refractivity contribution >= 4 is 23.7 Å². The van der Waals surface area contributed by atoms with Crippen LogP contribution in [0.4, 0.5) is 16.4 Å². The zero-order valence-electron chi connectivity index (χ0n) is 23.6. The van der Waals surface area contributed by atoms with Crippen molar-refractivity contribution in [1.82, 2.24) is 30.2 Å². The molecule has 0 bridgehead atoms. The van der Waals surface area contributed by atoms with Crippen molar-refractivity contribution in [2.45, 2.75) is 65.8 Å². The first-order chi connectivity index (χ1) is 18.3. The van der Waals surface area contributed by atoms with Crippen LogP contribution in [-0.4, -0.2) is 61.7 Å². The summed E-state index contributed by atoms with van der Waals surface area (Å²) in [6, 6.07) is 11.4. The Morgan fingerprint density at radius 2 is 1.69 bits per heavy atom. The third kappa shape index (κ3) is 10.6. The molecule has 0 saturated carbocycles. The van der Waals surface area contributed by atoms with Gasteiger partial charge in [0.15, 0.2) is 5.82 Å². The summed E-state index contributed by atoms with van der Waals surface area (Å²) in [7, 11) is 1.87. The van der Waals surface area contributed by atoms with E-state index in [1.807, 2.05) is 57.0 Å². The molecule has 0 spiro atoms. The van der Waals surface area contributed by atoms with Crippen molar-refractivity contribution in [1.29, 1.82) is 0 Å². The molecule has 3 aromatic rings. The van der Waals surface area contributed by atoms with Crippen molar-refractivity contribution in [2.24, 2.45) is 0 Å². The number of carbonyl (C=O) groups excluding carboxylic acids is 2. The molecule has 2 N–H and O–H groups in total. The largest absolute Gasteiger partial charge is 0.459 e. The van der Waals surface area contributed by atoms with Crippen LogP contribution in [0.2, 0.25) is 0 Å². The maximum absolute atomic E-state index is 12.1. The summed E-state index contributed by atoms with van der Waals surface area (Å²) in [6.07, 6.45) is 2.55. The molecular formula is C28H37N7O4. The molecular weight excluding hydrogens is 498 g/mol. The number of anilines is 2. The first-order valence-electron chi connectivity index (χ1n) is 12.6. The van der Waals surface area contributed by atoms with Gasteiger partial charge >= 0.3 is 12.1 Å². The van der Waals surface area contributed by atoms with Gasteiger partial charge in [-0.15, -0.1) is 0 Å². The van der Waals surface area contributed by atoms with Crippen LogP contribution in [0.25, 0.3) is 11.4 Å². The molecule has 0 radical (unpaired) electrons. The molecule has 39 heavy (non-hydrogen) atoms. The molecule has 11 nitrogen and oxygen atoms in total. The molecule has 208 valence electrons. The van der Waals surface area contributed by atoms with E-state index >= 15 is 0 Å². The zero-order chi connectivity index (χ0) is 28.6. The first-order valence-corrected chi connectivity index (χ1v) is 12.6. The highest BCUT2D eigenvalue weighted by molar-refractivity contribution is 5.72. The number of rotatable bonds is 9. The number of benzene rings is 1. The van der Waals surface area contributed by atoms with Gasteiger partial charge in [-0.25, -0.2) is 14.8 Å². The minimum absolute atomic E-state index is 0.187. The van der Waals surface area contributed by atoms with Gasteiger partial charge in [-0.3, -0.25) is 14.7 Å². The van der Waals surface area contributed by atoms with Crippen LogP contribution >= 0.6 is 0 Å². The summed E-state index contributed by atoms with van der Waals surface area (Å²) >= 11 is 0. The highest BCUT2D eigenvalue weighted by Gasteiger charge is 2.18. The van der Waals surface area contributed by atoms with Gasteiger partial charge in [-0.05, 0) is 78.4 Å². The van der Waals surface area contributed by atoms with Crippen molar-refractivity contribution < 1.29 is 19.1 Å². The number of pyridine rings is 1. The van der Waals surface area contributed by atoms with Crippen molar-refractivity contribution in [3.63, 3.8) is 0 Å². The van der Waals surface area contributed by atoms with Crippen molar-refractivity contribution in [3.05, 3.63) is 60.2 Å². The average Bonchev–Trinajstić information content (AvgIpc) is 2.81. The first kappa shape index (κ1) is 29.4. The second-order valence-corrected chi connectivity index (χ2v) is 11.1. The van der Waals surface area contributed by atoms with E-state index in [4.69, 9.17) is 9.47 Å². The predicted molar refractivity (Wildman–Crippen MR) is 148 cm³/mol. The summed E-state index contributed by atoms with van der Waals surface area (Å²) in [5.41, 5.74) is 2.08. The molecule has 0 atom stereocenters. The lowest BCUT2D eigenvalue weighted by Crippen LogP contribution is -2.32. The smallest absolute Gasteiger partial charge is 0.407 e. The number of hydrogen-bond acceptors (Lipinski definition) is 10. The fourth-order valence-corrected chi connectivity index (χ4v) is 3.52. The Morgan fingerprint density at radius 3 is 2.41 bits per heavy atom. The standard InChI is InChI=1S/C28H37N7O4/c1-27(2,3)38-23(36)17-35(7)16-19-9-8-10-21(13-19)33-25-32-18-31-24(34-25)20-11-12-29-22(14-20)15-30-26(37)39-28(4,5)6/h8-14,18H,15-17H2,1-7H3,(H,30,37)(H,31,32,33,34). The zero-order valence-corrected chi connectivity index (χ0v) is 23.6. The minimum atomic E-state index is -0.580. The highest BCUT2D eigenvalue weighted by atomic mass is 16.6. The van der Waals surface area contributed by atoms with E-state index in [-0.39, 0.29) is 19.1 Å². The number of likely N-dealkylation sites (N-methyl/N-ethyl adjacent to an activating group) is 1.